The molecule has 0 aliphatic carbocycles. The van der Waals surface area contributed by atoms with E-state index in [2.05, 4.69) is 17.4 Å². The van der Waals surface area contributed by atoms with Crippen molar-refractivity contribution in [2.75, 3.05) is 33.4 Å². The van der Waals surface area contributed by atoms with Crippen LogP contribution in [-0.2, 0) is 11.2 Å². The van der Waals surface area contributed by atoms with Crippen molar-refractivity contribution in [1.29, 1.82) is 0 Å². The van der Waals surface area contributed by atoms with Crippen molar-refractivity contribution < 1.29 is 9.47 Å². The van der Waals surface area contributed by atoms with Crippen LogP contribution in [0.4, 0.5) is 0 Å². The minimum absolute atomic E-state index is 0.791. The average molecular weight is 223 g/mol. The molecule has 16 heavy (non-hydrogen) atoms. The maximum atomic E-state index is 5.24. The molecule has 0 radical (unpaired) electrons. The van der Waals surface area contributed by atoms with E-state index in [0.29, 0.717) is 0 Å². The molecule has 90 valence electrons. The van der Waals surface area contributed by atoms with Gasteiger partial charge < -0.3 is 14.8 Å². The molecule has 0 aliphatic rings. The van der Waals surface area contributed by atoms with Gasteiger partial charge >= 0.3 is 0 Å². The number of rotatable bonds is 8. The Bertz CT molecular complexity index is 272. The first-order chi connectivity index (χ1) is 7.86. The summed E-state index contributed by atoms with van der Waals surface area (Å²) in [6, 6.07) is 8.19. The van der Waals surface area contributed by atoms with Crippen LogP contribution < -0.4 is 10.1 Å². The quantitative estimate of drug-likeness (QED) is 0.682. The van der Waals surface area contributed by atoms with Gasteiger partial charge in [-0.05, 0) is 37.6 Å². The number of nitrogens with one attached hydrogen (secondary N) is 1. The van der Waals surface area contributed by atoms with Gasteiger partial charge in [0, 0.05) is 13.2 Å². The maximum absolute atomic E-state index is 5.24. The van der Waals surface area contributed by atoms with Gasteiger partial charge in [0.25, 0.3) is 0 Å². The smallest absolute Gasteiger partial charge is 0.118 e. The summed E-state index contributed by atoms with van der Waals surface area (Å²) in [5.41, 5.74) is 1.32. The zero-order chi connectivity index (χ0) is 11.6. The molecule has 1 N–H and O–H groups in total. The van der Waals surface area contributed by atoms with Crippen molar-refractivity contribution in [2.45, 2.75) is 13.3 Å². The summed E-state index contributed by atoms with van der Waals surface area (Å²) >= 11 is 0. The van der Waals surface area contributed by atoms with Gasteiger partial charge in [0.1, 0.15) is 5.75 Å². The summed E-state index contributed by atoms with van der Waals surface area (Å²) in [6.07, 6.45) is 1.04. The predicted octanol–water partition coefficient (Wildman–Crippen LogP) is 1.86. The Labute approximate surface area is 97.8 Å². The molecular weight excluding hydrogens is 202 g/mol. The van der Waals surface area contributed by atoms with E-state index in [4.69, 9.17) is 9.47 Å². The first kappa shape index (κ1) is 13.0. The Morgan fingerprint density at radius 1 is 1.12 bits per heavy atom. The summed E-state index contributed by atoms with van der Waals surface area (Å²) in [5, 5.41) is 3.34. The number of ether oxygens (including phenoxy) is 2. The Balaban J connectivity index is 2.12. The number of hydrogen-bond donors (Lipinski definition) is 1. The van der Waals surface area contributed by atoms with Gasteiger partial charge in [0.2, 0.25) is 0 Å². The molecule has 1 rings (SSSR count). The van der Waals surface area contributed by atoms with Crippen LogP contribution in [0.1, 0.15) is 12.5 Å². The van der Waals surface area contributed by atoms with Crippen LogP contribution in [0.2, 0.25) is 0 Å². The molecule has 0 saturated carbocycles. The molecule has 0 spiro atoms. The van der Waals surface area contributed by atoms with E-state index in [9.17, 15) is 0 Å². The molecule has 0 bridgehead atoms. The van der Waals surface area contributed by atoms with E-state index in [0.717, 1.165) is 38.5 Å². The second-order valence-electron chi connectivity index (χ2n) is 3.54. The van der Waals surface area contributed by atoms with Gasteiger partial charge in [-0.15, -0.1) is 0 Å². The molecule has 0 aliphatic heterocycles. The van der Waals surface area contributed by atoms with Gasteiger partial charge in [-0.2, -0.15) is 0 Å². The van der Waals surface area contributed by atoms with E-state index in [1.165, 1.54) is 5.56 Å². The second kappa shape index (κ2) is 8.13. The average Bonchev–Trinajstić information content (AvgIpc) is 2.34. The standard InChI is InChI=1S/C13H21NO2/c1-3-16-11-10-14-9-8-12-4-6-13(15-2)7-5-12/h4-7,14H,3,8-11H2,1-2H3. The molecule has 0 saturated heterocycles. The van der Waals surface area contributed by atoms with Crippen molar-refractivity contribution in [3.8, 4) is 5.75 Å². The molecule has 1 aromatic carbocycles. The molecule has 0 amide bonds. The molecule has 1 aromatic rings. The van der Waals surface area contributed by atoms with Crippen LogP contribution in [0, 0.1) is 0 Å². The molecule has 0 fully saturated rings. The Morgan fingerprint density at radius 3 is 2.50 bits per heavy atom. The van der Waals surface area contributed by atoms with Gasteiger partial charge in [-0.25, -0.2) is 0 Å². The molecule has 0 unspecified atom stereocenters. The zero-order valence-corrected chi connectivity index (χ0v) is 10.2. The minimum Gasteiger partial charge on any atom is -0.497 e. The first-order valence-electron chi connectivity index (χ1n) is 5.78. The molecule has 3 heteroatoms. The Morgan fingerprint density at radius 2 is 1.88 bits per heavy atom. The third kappa shape index (κ3) is 5.14. The lowest BCUT2D eigenvalue weighted by molar-refractivity contribution is 0.149. The summed E-state index contributed by atoms with van der Waals surface area (Å²) in [7, 11) is 1.68. The fourth-order valence-electron chi connectivity index (χ4n) is 1.44. The Hall–Kier alpha value is -1.06. The summed E-state index contributed by atoms with van der Waals surface area (Å²) in [6.45, 7) is 5.50. The molecular formula is C13H21NO2. The SMILES string of the molecule is CCOCCNCCc1ccc(OC)cc1. The minimum atomic E-state index is 0.791. The van der Waals surface area contributed by atoms with Gasteiger partial charge in [0.05, 0.1) is 13.7 Å². The zero-order valence-electron chi connectivity index (χ0n) is 10.2. The molecule has 3 nitrogen and oxygen atoms in total. The lowest BCUT2D eigenvalue weighted by atomic mass is 10.1. The molecule has 0 aromatic heterocycles. The van der Waals surface area contributed by atoms with Crippen LogP contribution in [-0.4, -0.2) is 33.4 Å². The summed E-state index contributed by atoms with van der Waals surface area (Å²) in [5.74, 6) is 0.910. The third-order valence-electron chi connectivity index (χ3n) is 2.38. The van der Waals surface area contributed by atoms with E-state index in [1.54, 1.807) is 7.11 Å². The van der Waals surface area contributed by atoms with Crippen LogP contribution in [0.3, 0.4) is 0 Å². The number of benzene rings is 1. The lowest BCUT2D eigenvalue weighted by Gasteiger charge is -2.05. The summed E-state index contributed by atoms with van der Waals surface area (Å²) < 4.78 is 10.3. The largest absolute Gasteiger partial charge is 0.497 e. The van der Waals surface area contributed by atoms with Crippen molar-refractivity contribution in [3.63, 3.8) is 0 Å². The Kier molecular flexibility index (Phi) is 6.61. The maximum Gasteiger partial charge on any atom is 0.118 e. The fourth-order valence-corrected chi connectivity index (χ4v) is 1.44. The van der Waals surface area contributed by atoms with Crippen LogP contribution in [0.25, 0.3) is 0 Å². The van der Waals surface area contributed by atoms with Gasteiger partial charge in [-0.3, -0.25) is 0 Å². The van der Waals surface area contributed by atoms with E-state index < -0.39 is 0 Å². The predicted molar refractivity (Wildman–Crippen MR) is 66.1 cm³/mol. The highest BCUT2D eigenvalue weighted by Crippen LogP contribution is 2.11. The van der Waals surface area contributed by atoms with Crippen molar-refractivity contribution in [1.82, 2.24) is 5.32 Å². The highest BCUT2D eigenvalue weighted by atomic mass is 16.5. The van der Waals surface area contributed by atoms with E-state index in [1.807, 2.05) is 19.1 Å². The molecule has 0 heterocycles. The lowest BCUT2D eigenvalue weighted by Crippen LogP contribution is -2.22. The molecule has 0 atom stereocenters. The van der Waals surface area contributed by atoms with Gasteiger partial charge in [-0.1, -0.05) is 12.1 Å². The highest BCUT2D eigenvalue weighted by molar-refractivity contribution is 5.27. The van der Waals surface area contributed by atoms with Crippen molar-refractivity contribution in [3.05, 3.63) is 29.8 Å². The monoisotopic (exact) mass is 223 g/mol. The fraction of sp³-hybridized carbons (Fsp3) is 0.538. The van der Waals surface area contributed by atoms with Crippen LogP contribution >= 0.6 is 0 Å². The first-order valence-corrected chi connectivity index (χ1v) is 5.78. The highest BCUT2D eigenvalue weighted by Gasteiger charge is 1.94. The normalized spacial score (nSPS) is 10.4. The third-order valence-corrected chi connectivity index (χ3v) is 2.38. The van der Waals surface area contributed by atoms with Crippen molar-refractivity contribution >= 4 is 0 Å². The number of methoxy groups -OCH3 is 1. The number of hydrogen-bond acceptors (Lipinski definition) is 3. The van der Waals surface area contributed by atoms with Crippen LogP contribution in [0.15, 0.2) is 24.3 Å². The topological polar surface area (TPSA) is 30.5 Å². The van der Waals surface area contributed by atoms with Crippen molar-refractivity contribution in [2.24, 2.45) is 0 Å². The second-order valence-corrected chi connectivity index (χ2v) is 3.54. The van der Waals surface area contributed by atoms with E-state index >= 15 is 0 Å². The van der Waals surface area contributed by atoms with Crippen LogP contribution in [0.5, 0.6) is 5.75 Å². The summed E-state index contributed by atoms with van der Waals surface area (Å²) in [4.78, 5) is 0. The van der Waals surface area contributed by atoms with E-state index in [-0.39, 0.29) is 0 Å². The van der Waals surface area contributed by atoms with Gasteiger partial charge in [0.15, 0.2) is 0 Å².